The zero-order valence-electron chi connectivity index (χ0n) is 9.59. The van der Waals surface area contributed by atoms with Crippen LogP contribution in [0.3, 0.4) is 0 Å². The van der Waals surface area contributed by atoms with Crippen LogP contribution in [0.1, 0.15) is 13.3 Å². The molecule has 0 fully saturated rings. The summed E-state index contributed by atoms with van der Waals surface area (Å²) in [6.45, 7) is 12.1. The molecule has 0 aliphatic carbocycles. The van der Waals surface area contributed by atoms with E-state index < -0.39 is 14.2 Å². The molecule has 2 heteroatoms. The smallest absolute Gasteiger partial charge is 0.129 e. The standard InChI is InChI=1S/C12H20OSi/c1-6-7-12(13)10-11(2)8-9-14(3,4)5/h6,10,12-13H,1,7H2,2-5H3/b11-10+. The summed E-state index contributed by atoms with van der Waals surface area (Å²) in [6, 6.07) is 0. The average Bonchev–Trinajstić information content (AvgIpc) is 2.00. The molecule has 0 saturated carbocycles. The molecule has 0 aromatic carbocycles. The van der Waals surface area contributed by atoms with E-state index in [9.17, 15) is 5.11 Å². The van der Waals surface area contributed by atoms with Gasteiger partial charge in [-0.3, -0.25) is 0 Å². The predicted octanol–water partition coefficient (Wildman–Crippen LogP) is 2.75. The molecule has 0 saturated heterocycles. The third kappa shape index (κ3) is 7.84. The number of hydrogen-bond acceptors (Lipinski definition) is 1. The first-order valence-electron chi connectivity index (χ1n) is 4.85. The fraction of sp³-hybridized carbons (Fsp3) is 0.500. The van der Waals surface area contributed by atoms with Crippen molar-refractivity contribution in [2.24, 2.45) is 0 Å². The minimum absolute atomic E-state index is 0.441. The van der Waals surface area contributed by atoms with Crippen molar-refractivity contribution in [3.63, 3.8) is 0 Å². The minimum atomic E-state index is -1.29. The molecule has 0 amide bonds. The maximum atomic E-state index is 9.44. The van der Waals surface area contributed by atoms with E-state index in [0.29, 0.717) is 6.42 Å². The third-order valence-electron chi connectivity index (χ3n) is 1.49. The van der Waals surface area contributed by atoms with E-state index in [1.165, 1.54) is 0 Å². The van der Waals surface area contributed by atoms with Gasteiger partial charge in [0.25, 0.3) is 0 Å². The molecule has 1 N–H and O–H groups in total. The first-order chi connectivity index (χ1) is 6.35. The fourth-order valence-electron chi connectivity index (χ4n) is 0.855. The van der Waals surface area contributed by atoms with Crippen molar-refractivity contribution in [3.8, 4) is 11.5 Å². The Bertz CT molecular complexity index is 273. The first-order valence-corrected chi connectivity index (χ1v) is 8.35. The van der Waals surface area contributed by atoms with E-state index in [-0.39, 0.29) is 0 Å². The van der Waals surface area contributed by atoms with Gasteiger partial charge in [0.15, 0.2) is 0 Å². The molecule has 0 aromatic heterocycles. The molecular weight excluding hydrogens is 188 g/mol. The van der Waals surface area contributed by atoms with Crippen molar-refractivity contribution < 1.29 is 5.11 Å². The summed E-state index contributed by atoms with van der Waals surface area (Å²) >= 11 is 0. The number of aliphatic hydroxyl groups is 1. The van der Waals surface area contributed by atoms with Crippen LogP contribution >= 0.6 is 0 Å². The second-order valence-electron chi connectivity index (χ2n) is 4.44. The highest BCUT2D eigenvalue weighted by Gasteiger charge is 2.07. The topological polar surface area (TPSA) is 20.2 Å². The fourth-order valence-corrected chi connectivity index (χ4v) is 1.43. The van der Waals surface area contributed by atoms with Gasteiger partial charge in [0.1, 0.15) is 8.07 Å². The van der Waals surface area contributed by atoms with Gasteiger partial charge in [0.2, 0.25) is 0 Å². The van der Waals surface area contributed by atoms with Crippen LogP contribution in [0.4, 0.5) is 0 Å². The third-order valence-corrected chi connectivity index (χ3v) is 2.36. The molecule has 1 nitrogen and oxygen atoms in total. The van der Waals surface area contributed by atoms with Crippen molar-refractivity contribution in [3.05, 3.63) is 24.3 Å². The molecule has 14 heavy (non-hydrogen) atoms. The van der Waals surface area contributed by atoms with Crippen LogP contribution < -0.4 is 0 Å². The molecule has 0 radical (unpaired) electrons. The van der Waals surface area contributed by atoms with E-state index in [1.807, 2.05) is 6.92 Å². The number of aliphatic hydroxyl groups excluding tert-OH is 1. The summed E-state index contributed by atoms with van der Waals surface area (Å²) in [5.74, 6) is 3.09. The van der Waals surface area contributed by atoms with Gasteiger partial charge in [0, 0.05) is 0 Å². The Morgan fingerprint density at radius 1 is 1.50 bits per heavy atom. The zero-order valence-corrected chi connectivity index (χ0v) is 10.6. The largest absolute Gasteiger partial charge is 0.389 e. The second-order valence-corrected chi connectivity index (χ2v) is 9.19. The van der Waals surface area contributed by atoms with Crippen molar-refractivity contribution >= 4 is 8.07 Å². The minimum Gasteiger partial charge on any atom is -0.389 e. The van der Waals surface area contributed by atoms with Crippen molar-refractivity contribution in [1.82, 2.24) is 0 Å². The maximum Gasteiger partial charge on any atom is 0.129 e. The number of allylic oxidation sites excluding steroid dienone is 1. The summed E-state index contributed by atoms with van der Waals surface area (Å²) in [6.07, 6.45) is 3.64. The summed E-state index contributed by atoms with van der Waals surface area (Å²) in [7, 11) is -1.29. The maximum absolute atomic E-state index is 9.44. The molecule has 0 aromatic rings. The summed E-state index contributed by atoms with van der Waals surface area (Å²) in [5.41, 5.74) is 4.20. The Labute approximate surface area is 88.5 Å². The van der Waals surface area contributed by atoms with Gasteiger partial charge < -0.3 is 5.11 Å². The monoisotopic (exact) mass is 208 g/mol. The summed E-state index contributed by atoms with van der Waals surface area (Å²) in [4.78, 5) is 0. The summed E-state index contributed by atoms with van der Waals surface area (Å²) < 4.78 is 0. The van der Waals surface area contributed by atoms with Crippen LogP contribution in [0.5, 0.6) is 0 Å². The van der Waals surface area contributed by atoms with Crippen molar-refractivity contribution in [1.29, 1.82) is 0 Å². The van der Waals surface area contributed by atoms with Gasteiger partial charge in [-0.15, -0.1) is 12.1 Å². The Balaban J connectivity index is 4.37. The highest BCUT2D eigenvalue weighted by atomic mass is 28.3. The lowest BCUT2D eigenvalue weighted by molar-refractivity contribution is 0.226. The van der Waals surface area contributed by atoms with Gasteiger partial charge in [-0.25, -0.2) is 0 Å². The van der Waals surface area contributed by atoms with Gasteiger partial charge >= 0.3 is 0 Å². The Morgan fingerprint density at radius 3 is 2.50 bits per heavy atom. The quantitative estimate of drug-likeness (QED) is 0.429. The Hall–Kier alpha value is -0.783. The van der Waals surface area contributed by atoms with Crippen LogP contribution in [0.25, 0.3) is 0 Å². The molecule has 78 valence electrons. The first kappa shape index (κ1) is 13.2. The van der Waals surface area contributed by atoms with Crippen molar-refractivity contribution in [2.45, 2.75) is 39.1 Å². The lowest BCUT2D eigenvalue weighted by Gasteiger charge is -2.04. The van der Waals surface area contributed by atoms with Gasteiger partial charge in [-0.1, -0.05) is 31.6 Å². The van der Waals surface area contributed by atoms with Crippen LogP contribution in [0, 0.1) is 11.5 Å². The lowest BCUT2D eigenvalue weighted by Crippen LogP contribution is -2.16. The molecule has 0 spiro atoms. The SMILES string of the molecule is C=CCC(O)/C=C(\C)C#C[Si](C)(C)C. The predicted molar refractivity (Wildman–Crippen MR) is 65.7 cm³/mol. The van der Waals surface area contributed by atoms with Crippen LogP contribution in [-0.4, -0.2) is 19.3 Å². The number of rotatable bonds is 3. The summed E-state index contributed by atoms with van der Waals surface area (Å²) in [5, 5.41) is 9.44. The van der Waals surface area contributed by atoms with Crippen LogP contribution in [0.15, 0.2) is 24.3 Å². The second kappa shape index (κ2) is 5.84. The zero-order chi connectivity index (χ0) is 11.2. The highest BCUT2D eigenvalue weighted by Crippen LogP contribution is 2.01. The molecular formula is C12H20OSi. The molecule has 1 unspecified atom stereocenters. The van der Waals surface area contributed by atoms with E-state index >= 15 is 0 Å². The van der Waals surface area contributed by atoms with E-state index in [0.717, 1.165) is 5.57 Å². The van der Waals surface area contributed by atoms with E-state index in [2.05, 4.69) is 37.7 Å². The van der Waals surface area contributed by atoms with Crippen LogP contribution in [0.2, 0.25) is 19.6 Å². The molecule has 0 bridgehead atoms. The normalized spacial score (nSPS) is 14.2. The Morgan fingerprint density at radius 2 is 2.07 bits per heavy atom. The van der Waals surface area contributed by atoms with Gasteiger partial charge in [-0.2, -0.15) is 0 Å². The van der Waals surface area contributed by atoms with Crippen molar-refractivity contribution in [2.75, 3.05) is 0 Å². The van der Waals surface area contributed by atoms with Crippen LogP contribution in [-0.2, 0) is 0 Å². The molecule has 0 aliphatic heterocycles. The molecule has 1 atom stereocenters. The highest BCUT2D eigenvalue weighted by molar-refractivity contribution is 6.83. The van der Waals surface area contributed by atoms with Gasteiger partial charge in [0.05, 0.1) is 6.10 Å². The molecule has 0 aliphatic rings. The Kier molecular flexibility index (Phi) is 5.52. The van der Waals surface area contributed by atoms with Gasteiger partial charge in [-0.05, 0) is 25.0 Å². The number of hydrogen-bond donors (Lipinski definition) is 1. The molecule has 0 heterocycles. The molecule has 0 rings (SSSR count). The van der Waals surface area contributed by atoms with E-state index in [1.54, 1.807) is 12.2 Å². The lowest BCUT2D eigenvalue weighted by atomic mass is 10.2. The average molecular weight is 208 g/mol. The van der Waals surface area contributed by atoms with E-state index in [4.69, 9.17) is 0 Å².